The Hall–Kier alpha value is -1.84. The summed E-state index contributed by atoms with van der Waals surface area (Å²) in [6.45, 7) is 5.13. The summed E-state index contributed by atoms with van der Waals surface area (Å²) in [6, 6.07) is 6.97. The summed E-state index contributed by atoms with van der Waals surface area (Å²) in [6.07, 6.45) is 3.59. The minimum absolute atomic E-state index is 0.107. The van der Waals surface area contributed by atoms with Crippen LogP contribution in [0.5, 0.6) is 0 Å². The maximum Gasteiger partial charge on any atom is 0.335 e. The maximum absolute atomic E-state index is 12.5. The van der Waals surface area contributed by atoms with Crippen LogP contribution < -0.4 is 0 Å². The third-order valence-corrected chi connectivity index (χ3v) is 4.17. The van der Waals surface area contributed by atoms with E-state index in [0.29, 0.717) is 12.0 Å². The molecule has 1 N–H and O–H groups in total. The average molecular weight is 289 g/mol. The molecule has 1 amide bonds. The number of benzene rings is 1. The summed E-state index contributed by atoms with van der Waals surface area (Å²) in [5.41, 5.74) is 1.01. The van der Waals surface area contributed by atoms with Crippen molar-refractivity contribution in [3.8, 4) is 0 Å². The van der Waals surface area contributed by atoms with E-state index in [4.69, 9.17) is 5.11 Å². The summed E-state index contributed by atoms with van der Waals surface area (Å²) < 4.78 is 0. The lowest BCUT2D eigenvalue weighted by Gasteiger charge is -2.38. The topological polar surface area (TPSA) is 57.6 Å². The van der Waals surface area contributed by atoms with Gasteiger partial charge in [-0.15, -0.1) is 0 Å². The highest BCUT2D eigenvalue weighted by atomic mass is 16.4. The van der Waals surface area contributed by atoms with E-state index in [1.165, 1.54) is 6.42 Å². The van der Waals surface area contributed by atoms with E-state index in [9.17, 15) is 9.59 Å². The first-order valence-corrected chi connectivity index (χ1v) is 7.60. The van der Waals surface area contributed by atoms with Gasteiger partial charge in [0.05, 0.1) is 12.0 Å². The molecular formula is C17H23NO3. The molecule has 1 aromatic carbocycles. The fourth-order valence-corrected chi connectivity index (χ4v) is 3.05. The van der Waals surface area contributed by atoms with Crippen LogP contribution in [0, 0.1) is 5.92 Å². The van der Waals surface area contributed by atoms with Crippen molar-refractivity contribution in [1.29, 1.82) is 0 Å². The molecule has 0 radical (unpaired) electrons. The number of carboxylic acids is 1. The van der Waals surface area contributed by atoms with E-state index in [-0.39, 0.29) is 17.9 Å². The molecule has 0 spiro atoms. The van der Waals surface area contributed by atoms with Crippen molar-refractivity contribution >= 4 is 11.9 Å². The Labute approximate surface area is 125 Å². The average Bonchev–Trinajstić information content (AvgIpc) is 2.47. The lowest BCUT2D eigenvalue weighted by atomic mass is 9.92. The van der Waals surface area contributed by atoms with Gasteiger partial charge in [-0.3, -0.25) is 4.79 Å². The van der Waals surface area contributed by atoms with Crippen molar-refractivity contribution < 1.29 is 14.7 Å². The minimum atomic E-state index is -0.956. The molecule has 0 saturated carbocycles. The molecule has 21 heavy (non-hydrogen) atoms. The Morgan fingerprint density at radius 1 is 1.33 bits per heavy atom. The van der Waals surface area contributed by atoms with Gasteiger partial charge in [-0.25, -0.2) is 4.79 Å². The number of nitrogens with zero attached hydrogens (tertiary/aromatic N) is 1. The molecule has 0 aliphatic carbocycles. The third kappa shape index (κ3) is 3.84. The number of piperidine rings is 1. The van der Waals surface area contributed by atoms with Crippen LogP contribution in [0.15, 0.2) is 24.3 Å². The van der Waals surface area contributed by atoms with Crippen molar-refractivity contribution in [2.24, 2.45) is 5.92 Å². The molecule has 4 nitrogen and oxygen atoms in total. The zero-order valence-corrected chi connectivity index (χ0v) is 12.7. The zero-order valence-electron chi connectivity index (χ0n) is 12.7. The molecule has 2 rings (SSSR count). The van der Waals surface area contributed by atoms with Gasteiger partial charge in [-0.05, 0) is 42.9 Å². The van der Waals surface area contributed by atoms with Crippen LogP contribution in [0.25, 0.3) is 0 Å². The Morgan fingerprint density at radius 3 is 2.76 bits per heavy atom. The van der Waals surface area contributed by atoms with Crippen molar-refractivity contribution in [3.63, 3.8) is 0 Å². The smallest absolute Gasteiger partial charge is 0.335 e. The second kappa shape index (κ2) is 6.74. The minimum Gasteiger partial charge on any atom is -0.478 e. The molecule has 114 valence electrons. The normalized spacial score (nSPS) is 18.8. The van der Waals surface area contributed by atoms with Crippen LogP contribution in [-0.2, 0) is 11.2 Å². The Morgan fingerprint density at radius 2 is 2.10 bits per heavy atom. The lowest BCUT2D eigenvalue weighted by molar-refractivity contribution is -0.135. The molecule has 0 bridgehead atoms. The van der Waals surface area contributed by atoms with Crippen molar-refractivity contribution in [2.45, 2.75) is 45.6 Å². The Kier molecular flexibility index (Phi) is 4.99. The highest BCUT2D eigenvalue weighted by molar-refractivity contribution is 5.88. The van der Waals surface area contributed by atoms with E-state index in [0.717, 1.165) is 24.9 Å². The molecular weight excluding hydrogens is 266 g/mol. The standard InChI is InChI=1S/C17H23NO3/c1-12(2)15-8-3-4-9-18(15)16(19)11-13-6-5-7-14(10-13)17(20)21/h5-7,10,12,15H,3-4,8-9,11H2,1-2H3,(H,20,21). The fraction of sp³-hybridized carbons (Fsp3) is 0.529. The van der Waals surface area contributed by atoms with E-state index in [1.54, 1.807) is 18.2 Å². The van der Waals surface area contributed by atoms with E-state index >= 15 is 0 Å². The first kappa shape index (κ1) is 15.5. The van der Waals surface area contributed by atoms with Gasteiger partial charge in [0, 0.05) is 12.6 Å². The number of amides is 1. The summed E-state index contributed by atoms with van der Waals surface area (Å²) in [4.78, 5) is 25.5. The summed E-state index contributed by atoms with van der Waals surface area (Å²) in [5, 5.41) is 9.01. The predicted molar refractivity (Wildman–Crippen MR) is 81.3 cm³/mol. The lowest BCUT2D eigenvalue weighted by Crippen LogP contribution is -2.47. The van der Waals surface area contributed by atoms with Crippen molar-refractivity contribution in [1.82, 2.24) is 4.90 Å². The van der Waals surface area contributed by atoms with Gasteiger partial charge in [-0.2, -0.15) is 0 Å². The van der Waals surface area contributed by atoms with Crippen molar-refractivity contribution in [2.75, 3.05) is 6.54 Å². The molecule has 1 heterocycles. The maximum atomic E-state index is 12.5. The molecule has 1 atom stereocenters. The van der Waals surface area contributed by atoms with Crippen LogP contribution in [-0.4, -0.2) is 34.5 Å². The van der Waals surface area contributed by atoms with Gasteiger partial charge >= 0.3 is 5.97 Å². The SMILES string of the molecule is CC(C)C1CCCCN1C(=O)Cc1cccc(C(=O)O)c1. The molecule has 1 aromatic rings. The van der Waals surface area contributed by atoms with Crippen LogP contribution in [0.2, 0.25) is 0 Å². The van der Waals surface area contributed by atoms with Crippen LogP contribution >= 0.6 is 0 Å². The number of carbonyl (C=O) groups excluding carboxylic acids is 1. The number of hydrogen-bond donors (Lipinski definition) is 1. The summed E-state index contributed by atoms with van der Waals surface area (Å²) in [5.74, 6) is -0.391. The second-order valence-electron chi connectivity index (χ2n) is 6.08. The number of likely N-dealkylation sites (tertiary alicyclic amines) is 1. The third-order valence-electron chi connectivity index (χ3n) is 4.17. The zero-order chi connectivity index (χ0) is 15.4. The van der Waals surface area contributed by atoms with Crippen LogP contribution in [0.1, 0.15) is 49.0 Å². The molecule has 4 heteroatoms. The van der Waals surface area contributed by atoms with Crippen molar-refractivity contribution in [3.05, 3.63) is 35.4 Å². The first-order valence-electron chi connectivity index (χ1n) is 7.60. The number of hydrogen-bond acceptors (Lipinski definition) is 2. The molecule has 1 saturated heterocycles. The van der Waals surface area contributed by atoms with E-state index < -0.39 is 5.97 Å². The molecule has 1 fully saturated rings. The van der Waals surface area contributed by atoms with Crippen LogP contribution in [0.4, 0.5) is 0 Å². The molecule has 1 aliphatic heterocycles. The predicted octanol–water partition coefficient (Wildman–Crippen LogP) is 2.96. The largest absolute Gasteiger partial charge is 0.478 e. The molecule has 0 aromatic heterocycles. The number of rotatable bonds is 4. The van der Waals surface area contributed by atoms with Gasteiger partial charge in [0.1, 0.15) is 0 Å². The quantitative estimate of drug-likeness (QED) is 0.927. The number of carbonyl (C=O) groups is 2. The van der Waals surface area contributed by atoms with Gasteiger partial charge < -0.3 is 10.0 Å². The molecule has 1 aliphatic rings. The fourth-order valence-electron chi connectivity index (χ4n) is 3.05. The van der Waals surface area contributed by atoms with Gasteiger partial charge in [0.25, 0.3) is 0 Å². The summed E-state index contributed by atoms with van der Waals surface area (Å²) in [7, 11) is 0. The number of carboxylic acid groups (broad SMARTS) is 1. The van der Waals surface area contributed by atoms with E-state index in [2.05, 4.69) is 13.8 Å². The van der Waals surface area contributed by atoms with Gasteiger partial charge in [-0.1, -0.05) is 26.0 Å². The van der Waals surface area contributed by atoms with Crippen LogP contribution in [0.3, 0.4) is 0 Å². The monoisotopic (exact) mass is 289 g/mol. The molecule has 1 unspecified atom stereocenters. The van der Waals surface area contributed by atoms with Gasteiger partial charge in [0.2, 0.25) is 5.91 Å². The summed E-state index contributed by atoms with van der Waals surface area (Å²) >= 11 is 0. The first-order chi connectivity index (χ1) is 9.99. The number of aromatic carboxylic acids is 1. The van der Waals surface area contributed by atoms with Gasteiger partial charge in [0.15, 0.2) is 0 Å². The Bertz CT molecular complexity index is 525. The highest BCUT2D eigenvalue weighted by Crippen LogP contribution is 2.24. The second-order valence-corrected chi connectivity index (χ2v) is 6.08. The highest BCUT2D eigenvalue weighted by Gasteiger charge is 2.28. The Balaban J connectivity index is 2.09. The van der Waals surface area contributed by atoms with E-state index in [1.807, 2.05) is 11.0 Å².